The van der Waals surface area contributed by atoms with E-state index < -0.39 is 0 Å². The molecule has 2 aromatic carbocycles. The van der Waals surface area contributed by atoms with Gasteiger partial charge in [0.15, 0.2) is 0 Å². The molecule has 0 spiro atoms. The van der Waals surface area contributed by atoms with Crippen molar-refractivity contribution in [2.75, 3.05) is 0 Å². The molecule has 1 aromatic heterocycles. The molecule has 0 atom stereocenters. The first kappa shape index (κ1) is 14.0. The largest absolute Gasteiger partial charge is 0.318 e. The molecule has 0 aliphatic heterocycles. The third kappa shape index (κ3) is 2.77. The summed E-state index contributed by atoms with van der Waals surface area (Å²) in [6.07, 6.45) is 0. The fourth-order valence-electron chi connectivity index (χ4n) is 2.10. The fraction of sp³-hybridized carbons (Fsp3) is 0.125. The Bertz CT molecular complexity index is 890. The first-order valence-corrected chi connectivity index (χ1v) is 7.74. The van der Waals surface area contributed by atoms with Crippen LogP contribution in [0.25, 0.3) is 10.2 Å². The van der Waals surface area contributed by atoms with Crippen molar-refractivity contribution in [2.24, 2.45) is 17.3 Å². The van der Waals surface area contributed by atoms with Gasteiger partial charge in [-0.15, -0.1) is 5.10 Å². The van der Waals surface area contributed by atoms with E-state index in [0.29, 0.717) is 5.02 Å². The van der Waals surface area contributed by atoms with Gasteiger partial charge in [-0.3, -0.25) is 0 Å². The zero-order valence-electron chi connectivity index (χ0n) is 11.7. The van der Waals surface area contributed by atoms with Crippen LogP contribution >= 0.6 is 22.9 Å². The van der Waals surface area contributed by atoms with Gasteiger partial charge in [0.25, 0.3) is 0 Å². The number of benzene rings is 2. The number of fused-ring (bicyclic) bond motifs is 1. The highest BCUT2D eigenvalue weighted by Gasteiger charge is 2.03. The number of aryl methyl sites for hydroxylation is 1. The van der Waals surface area contributed by atoms with Crippen LogP contribution in [0.2, 0.25) is 5.02 Å². The molecule has 0 aliphatic carbocycles. The summed E-state index contributed by atoms with van der Waals surface area (Å²) < 4.78 is 3.24. The first-order valence-electron chi connectivity index (χ1n) is 6.54. The van der Waals surface area contributed by atoms with Crippen LogP contribution in [0.15, 0.2) is 58.7 Å². The smallest absolute Gasteiger partial charge is 0.211 e. The van der Waals surface area contributed by atoms with Gasteiger partial charge in [0.1, 0.15) is 0 Å². The highest BCUT2D eigenvalue weighted by molar-refractivity contribution is 7.16. The molecular formula is C16H14ClN3S. The SMILES string of the molecule is C/C(=N/N=c1\sc2ccccc2n1C)c1ccccc1Cl. The summed E-state index contributed by atoms with van der Waals surface area (Å²) in [5.74, 6) is 0. The molecule has 5 heteroatoms. The van der Waals surface area contributed by atoms with Crippen LogP contribution in [0.1, 0.15) is 12.5 Å². The topological polar surface area (TPSA) is 29.6 Å². The summed E-state index contributed by atoms with van der Waals surface area (Å²) in [5.41, 5.74) is 2.87. The van der Waals surface area contributed by atoms with Gasteiger partial charge in [0.2, 0.25) is 4.80 Å². The van der Waals surface area contributed by atoms with E-state index >= 15 is 0 Å². The van der Waals surface area contributed by atoms with Gasteiger partial charge >= 0.3 is 0 Å². The molecule has 0 N–H and O–H groups in total. The van der Waals surface area contributed by atoms with Crippen molar-refractivity contribution in [3.05, 3.63) is 63.9 Å². The molecule has 0 fully saturated rings. The Labute approximate surface area is 131 Å². The molecule has 21 heavy (non-hydrogen) atoms. The maximum absolute atomic E-state index is 6.17. The Morgan fingerprint density at radius 3 is 2.57 bits per heavy atom. The summed E-state index contributed by atoms with van der Waals surface area (Å²) in [6.45, 7) is 1.91. The van der Waals surface area contributed by atoms with Gasteiger partial charge in [0.05, 0.1) is 15.9 Å². The average molecular weight is 316 g/mol. The number of nitrogens with zero attached hydrogens (tertiary/aromatic N) is 3. The molecule has 3 nitrogen and oxygen atoms in total. The van der Waals surface area contributed by atoms with Crippen molar-refractivity contribution in [2.45, 2.75) is 6.92 Å². The normalized spacial score (nSPS) is 13.1. The standard InChI is InChI=1S/C16H14ClN3S/c1-11(12-7-3-4-8-13(12)17)18-19-16-20(2)14-9-5-6-10-15(14)21-16/h3-10H,1-2H3/b18-11-,19-16-. The Kier molecular flexibility index (Phi) is 3.90. The number of rotatable bonds is 2. The summed E-state index contributed by atoms with van der Waals surface area (Å²) in [6, 6.07) is 15.9. The minimum atomic E-state index is 0.690. The van der Waals surface area contributed by atoms with Crippen LogP contribution in [0.4, 0.5) is 0 Å². The number of hydrogen-bond acceptors (Lipinski definition) is 3. The van der Waals surface area contributed by atoms with Crippen molar-refractivity contribution in [1.29, 1.82) is 0 Å². The zero-order chi connectivity index (χ0) is 14.8. The molecule has 0 amide bonds. The Balaban J connectivity index is 2.07. The lowest BCUT2D eigenvalue weighted by Gasteiger charge is -2.00. The number of aromatic nitrogens is 1. The Hall–Kier alpha value is -1.91. The number of halogens is 1. The van der Waals surface area contributed by atoms with E-state index in [0.717, 1.165) is 21.6 Å². The molecule has 0 aliphatic rings. The second-order valence-corrected chi connectivity index (χ2v) is 6.09. The predicted octanol–water partition coefficient (Wildman–Crippen LogP) is 4.22. The van der Waals surface area contributed by atoms with Gasteiger partial charge in [-0.25, -0.2) is 0 Å². The van der Waals surface area contributed by atoms with E-state index in [9.17, 15) is 0 Å². The third-order valence-corrected chi connectivity index (χ3v) is 4.70. The summed E-state index contributed by atoms with van der Waals surface area (Å²) in [5, 5.41) is 9.39. The van der Waals surface area contributed by atoms with E-state index in [2.05, 4.69) is 22.3 Å². The van der Waals surface area contributed by atoms with Crippen molar-refractivity contribution in [1.82, 2.24) is 4.57 Å². The van der Waals surface area contributed by atoms with Crippen molar-refractivity contribution in [3.8, 4) is 0 Å². The quantitative estimate of drug-likeness (QED) is 0.501. The van der Waals surface area contributed by atoms with E-state index in [-0.39, 0.29) is 0 Å². The molecule has 1 heterocycles. The van der Waals surface area contributed by atoms with E-state index in [1.54, 1.807) is 11.3 Å². The second-order valence-electron chi connectivity index (χ2n) is 4.68. The molecule has 0 saturated carbocycles. The van der Waals surface area contributed by atoms with Crippen LogP contribution in [-0.2, 0) is 7.05 Å². The Morgan fingerprint density at radius 2 is 1.81 bits per heavy atom. The molecule has 3 rings (SSSR count). The molecule has 0 bridgehead atoms. The summed E-state index contributed by atoms with van der Waals surface area (Å²) >= 11 is 7.79. The molecule has 0 unspecified atom stereocenters. The van der Waals surface area contributed by atoms with Crippen molar-refractivity contribution in [3.63, 3.8) is 0 Å². The van der Waals surface area contributed by atoms with Crippen LogP contribution in [0.3, 0.4) is 0 Å². The van der Waals surface area contributed by atoms with Gasteiger partial charge in [-0.05, 0) is 25.1 Å². The number of para-hydroxylation sites is 1. The van der Waals surface area contributed by atoms with Crippen molar-refractivity contribution >= 4 is 38.9 Å². The second kappa shape index (κ2) is 5.84. The molecule has 0 saturated heterocycles. The lowest BCUT2D eigenvalue weighted by Crippen LogP contribution is -2.09. The minimum Gasteiger partial charge on any atom is -0.318 e. The molecule has 0 radical (unpaired) electrons. The predicted molar refractivity (Wildman–Crippen MR) is 90.0 cm³/mol. The van der Waals surface area contributed by atoms with Crippen molar-refractivity contribution < 1.29 is 0 Å². The van der Waals surface area contributed by atoms with Crippen LogP contribution < -0.4 is 4.80 Å². The molecule has 106 valence electrons. The fourth-order valence-corrected chi connectivity index (χ4v) is 3.35. The highest BCUT2D eigenvalue weighted by atomic mass is 35.5. The van der Waals surface area contributed by atoms with E-state index in [1.807, 2.05) is 54.9 Å². The minimum absolute atomic E-state index is 0.690. The van der Waals surface area contributed by atoms with Gasteiger partial charge in [-0.1, -0.05) is 53.3 Å². The maximum atomic E-state index is 6.17. The van der Waals surface area contributed by atoms with Gasteiger partial charge in [-0.2, -0.15) is 5.10 Å². The Morgan fingerprint density at radius 1 is 1.10 bits per heavy atom. The zero-order valence-corrected chi connectivity index (χ0v) is 13.3. The van der Waals surface area contributed by atoms with Gasteiger partial charge < -0.3 is 4.57 Å². The molecular weight excluding hydrogens is 302 g/mol. The summed E-state index contributed by atoms with van der Waals surface area (Å²) in [4.78, 5) is 0.864. The lowest BCUT2D eigenvalue weighted by atomic mass is 10.1. The lowest BCUT2D eigenvalue weighted by molar-refractivity contribution is 0.888. The van der Waals surface area contributed by atoms with E-state index in [4.69, 9.17) is 11.6 Å². The number of thiazole rings is 1. The average Bonchev–Trinajstić information content (AvgIpc) is 2.82. The first-order chi connectivity index (χ1) is 10.2. The van der Waals surface area contributed by atoms with E-state index in [1.165, 1.54) is 4.70 Å². The van der Waals surface area contributed by atoms with Gasteiger partial charge in [0, 0.05) is 17.6 Å². The van der Waals surface area contributed by atoms with Crippen LogP contribution in [-0.4, -0.2) is 10.3 Å². The summed E-state index contributed by atoms with van der Waals surface area (Å²) in [7, 11) is 2.00. The molecule has 3 aromatic rings. The highest BCUT2D eigenvalue weighted by Crippen LogP contribution is 2.17. The third-order valence-electron chi connectivity index (χ3n) is 3.26. The maximum Gasteiger partial charge on any atom is 0.211 e. The van der Waals surface area contributed by atoms with Crippen LogP contribution in [0.5, 0.6) is 0 Å². The van der Waals surface area contributed by atoms with Crippen LogP contribution in [0, 0.1) is 0 Å². The monoisotopic (exact) mass is 315 g/mol. The number of hydrogen-bond donors (Lipinski definition) is 0.